The number of rotatable bonds is 5. The molecule has 0 saturated carbocycles. The van der Waals surface area contributed by atoms with E-state index in [2.05, 4.69) is 0 Å². The summed E-state index contributed by atoms with van der Waals surface area (Å²) in [6.45, 7) is 0.320. The van der Waals surface area contributed by atoms with Gasteiger partial charge in [0, 0.05) is 6.07 Å². The van der Waals surface area contributed by atoms with Gasteiger partial charge in [-0.05, 0) is 30.7 Å². The van der Waals surface area contributed by atoms with E-state index in [0.717, 1.165) is 0 Å². The molecule has 0 aliphatic rings. The van der Waals surface area contributed by atoms with Gasteiger partial charge in [-0.25, -0.2) is 4.39 Å². The fourth-order valence-corrected chi connectivity index (χ4v) is 1.32. The molecule has 2 N–H and O–H groups in total. The molecule has 0 fully saturated rings. The third-order valence-corrected chi connectivity index (χ3v) is 2.16. The Morgan fingerprint density at radius 3 is 2.13 bits per heavy atom. The van der Waals surface area contributed by atoms with Gasteiger partial charge in [-0.1, -0.05) is 0 Å². The molecule has 3 nitrogen and oxygen atoms in total. The molecule has 0 aromatic heterocycles. The first kappa shape index (κ1) is 11.8. The fraction of sp³-hybridized carbons (Fsp3) is 0.455. The molecule has 1 atom stereocenters. The molecule has 0 bridgehead atoms. The summed E-state index contributed by atoms with van der Waals surface area (Å²) >= 11 is 0. The number of ether oxygens (including phenoxy) is 2. The largest absolute Gasteiger partial charge is 0.497 e. The smallest absolute Gasteiger partial charge is 0.127 e. The molecule has 0 aliphatic heterocycles. The predicted molar refractivity (Wildman–Crippen MR) is 57.1 cm³/mol. The van der Waals surface area contributed by atoms with E-state index in [-0.39, 0.29) is 0 Å². The van der Waals surface area contributed by atoms with Crippen molar-refractivity contribution in [2.24, 2.45) is 5.73 Å². The van der Waals surface area contributed by atoms with Gasteiger partial charge >= 0.3 is 0 Å². The van der Waals surface area contributed by atoms with Gasteiger partial charge in [0.2, 0.25) is 0 Å². The number of methoxy groups -OCH3 is 2. The minimum Gasteiger partial charge on any atom is -0.497 e. The van der Waals surface area contributed by atoms with Crippen LogP contribution in [0.1, 0.15) is 18.2 Å². The van der Waals surface area contributed by atoms with Gasteiger partial charge in [-0.3, -0.25) is 0 Å². The Kier molecular flexibility index (Phi) is 4.37. The summed E-state index contributed by atoms with van der Waals surface area (Å²) in [5.74, 6) is 1.17. The lowest BCUT2D eigenvalue weighted by Crippen LogP contribution is -2.04. The highest BCUT2D eigenvalue weighted by Gasteiger charge is 2.11. The fourth-order valence-electron chi connectivity index (χ4n) is 1.32. The highest BCUT2D eigenvalue weighted by molar-refractivity contribution is 5.39. The molecule has 0 aliphatic carbocycles. The van der Waals surface area contributed by atoms with E-state index in [9.17, 15) is 4.39 Å². The molecule has 1 aromatic rings. The first-order chi connectivity index (χ1) is 7.21. The number of benzene rings is 1. The first-order valence-corrected chi connectivity index (χ1v) is 4.78. The number of hydrogen-bond donors (Lipinski definition) is 1. The lowest BCUT2D eigenvalue weighted by Gasteiger charge is -2.11. The van der Waals surface area contributed by atoms with Crippen LogP contribution in [0.2, 0.25) is 0 Å². The zero-order valence-electron chi connectivity index (χ0n) is 9.00. The van der Waals surface area contributed by atoms with Crippen molar-refractivity contribution in [2.45, 2.75) is 12.6 Å². The molecular formula is C11H16FNO2. The van der Waals surface area contributed by atoms with Gasteiger partial charge in [-0.15, -0.1) is 0 Å². The van der Waals surface area contributed by atoms with Crippen LogP contribution in [-0.2, 0) is 0 Å². The summed E-state index contributed by atoms with van der Waals surface area (Å²) in [6.07, 6.45) is -0.768. The second kappa shape index (κ2) is 5.56. The normalized spacial score (nSPS) is 12.3. The van der Waals surface area contributed by atoms with E-state index in [0.29, 0.717) is 30.0 Å². The summed E-state index contributed by atoms with van der Waals surface area (Å²) < 4.78 is 23.7. The summed E-state index contributed by atoms with van der Waals surface area (Å²) in [4.78, 5) is 0. The van der Waals surface area contributed by atoms with Gasteiger partial charge < -0.3 is 15.2 Å². The first-order valence-electron chi connectivity index (χ1n) is 4.78. The molecule has 84 valence electrons. The molecule has 0 heterocycles. The van der Waals surface area contributed by atoms with Crippen molar-refractivity contribution >= 4 is 0 Å². The van der Waals surface area contributed by atoms with Crippen molar-refractivity contribution < 1.29 is 13.9 Å². The molecule has 0 radical (unpaired) electrons. The summed E-state index contributed by atoms with van der Waals surface area (Å²) in [6, 6.07) is 5.02. The van der Waals surface area contributed by atoms with Crippen LogP contribution < -0.4 is 15.2 Å². The van der Waals surface area contributed by atoms with Crippen LogP contribution in [0.15, 0.2) is 18.2 Å². The molecule has 15 heavy (non-hydrogen) atoms. The van der Waals surface area contributed by atoms with E-state index < -0.39 is 6.17 Å². The van der Waals surface area contributed by atoms with Crippen molar-refractivity contribution in [1.82, 2.24) is 0 Å². The summed E-state index contributed by atoms with van der Waals surface area (Å²) in [5, 5.41) is 0. The highest BCUT2D eigenvalue weighted by Crippen LogP contribution is 2.29. The molecule has 1 unspecified atom stereocenters. The number of halogens is 1. The Balaban J connectivity index is 2.95. The molecule has 0 amide bonds. The van der Waals surface area contributed by atoms with Gasteiger partial charge in [0.05, 0.1) is 14.2 Å². The third-order valence-electron chi connectivity index (χ3n) is 2.16. The SMILES string of the molecule is COc1cc(OC)cc(C(F)CCN)c1. The highest BCUT2D eigenvalue weighted by atomic mass is 19.1. The van der Waals surface area contributed by atoms with Gasteiger partial charge in [-0.2, -0.15) is 0 Å². The zero-order valence-corrected chi connectivity index (χ0v) is 9.00. The predicted octanol–water partition coefficient (Wildman–Crippen LogP) is 2.06. The van der Waals surface area contributed by atoms with Crippen LogP contribution in [0.25, 0.3) is 0 Å². The van der Waals surface area contributed by atoms with E-state index in [1.807, 2.05) is 0 Å². The summed E-state index contributed by atoms with van der Waals surface area (Å²) in [5.41, 5.74) is 5.84. The maximum atomic E-state index is 13.6. The van der Waals surface area contributed by atoms with E-state index in [4.69, 9.17) is 15.2 Å². The van der Waals surface area contributed by atoms with Crippen LogP contribution in [0.4, 0.5) is 4.39 Å². The quantitative estimate of drug-likeness (QED) is 0.814. The van der Waals surface area contributed by atoms with Crippen molar-refractivity contribution in [1.29, 1.82) is 0 Å². The lowest BCUT2D eigenvalue weighted by molar-refractivity contribution is 0.323. The standard InChI is InChI=1S/C11H16FNO2/c1-14-9-5-8(11(12)3-4-13)6-10(7-9)15-2/h5-7,11H,3-4,13H2,1-2H3. The third kappa shape index (κ3) is 3.09. The number of nitrogens with two attached hydrogens (primary N) is 1. The van der Waals surface area contributed by atoms with Crippen LogP contribution >= 0.6 is 0 Å². The Morgan fingerprint density at radius 1 is 1.20 bits per heavy atom. The molecule has 0 spiro atoms. The van der Waals surface area contributed by atoms with Crippen molar-refractivity contribution in [2.75, 3.05) is 20.8 Å². The second-order valence-corrected chi connectivity index (χ2v) is 3.19. The van der Waals surface area contributed by atoms with E-state index >= 15 is 0 Å². The second-order valence-electron chi connectivity index (χ2n) is 3.19. The van der Waals surface area contributed by atoms with Crippen molar-refractivity contribution in [3.63, 3.8) is 0 Å². The number of hydrogen-bond acceptors (Lipinski definition) is 3. The van der Waals surface area contributed by atoms with Gasteiger partial charge in [0.1, 0.15) is 17.7 Å². The average Bonchev–Trinajstić information content (AvgIpc) is 2.28. The maximum Gasteiger partial charge on any atom is 0.127 e. The Hall–Kier alpha value is -1.29. The van der Waals surface area contributed by atoms with Gasteiger partial charge in [0.25, 0.3) is 0 Å². The average molecular weight is 213 g/mol. The van der Waals surface area contributed by atoms with Crippen molar-refractivity contribution in [3.05, 3.63) is 23.8 Å². The monoisotopic (exact) mass is 213 g/mol. The topological polar surface area (TPSA) is 44.5 Å². The molecule has 0 saturated heterocycles. The zero-order chi connectivity index (χ0) is 11.3. The van der Waals surface area contributed by atoms with Gasteiger partial charge in [0.15, 0.2) is 0 Å². The van der Waals surface area contributed by atoms with E-state index in [1.165, 1.54) is 14.2 Å². The molecular weight excluding hydrogens is 197 g/mol. The summed E-state index contributed by atoms with van der Waals surface area (Å²) in [7, 11) is 3.07. The van der Waals surface area contributed by atoms with Crippen molar-refractivity contribution in [3.8, 4) is 11.5 Å². The molecule has 1 rings (SSSR count). The van der Waals surface area contributed by atoms with Crippen LogP contribution in [-0.4, -0.2) is 20.8 Å². The Labute approximate surface area is 89.0 Å². The Bertz CT molecular complexity index is 295. The molecule has 1 aromatic carbocycles. The van der Waals surface area contributed by atoms with Crippen LogP contribution in [0, 0.1) is 0 Å². The van der Waals surface area contributed by atoms with Crippen LogP contribution in [0.5, 0.6) is 11.5 Å². The van der Waals surface area contributed by atoms with Crippen LogP contribution in [0.3, 0.4) is 0 Å². The lowest BCUT2D eigenvalue weighted by atomic mass is 10.1. The minimum absolute atomic E-state index is 0.302. The number of alkyl halides is 1. The van der Waals surface area contributed by atoms with E-state index in [1.54, 1.807) is 18.2 Å². The maximum absolute atomic E-state index is 13.6. The minimum atomic E-state index is -1.07. The molecule has 4 heteroatoms. The Morgan fingerprint density at radius 2 is 1.73 bits per heavy atom.